The number of hydrogen-bond acceptors (Lipinski definition) is 6. The molecule has 2 N–H and O–H groups in total. The molecule has 2 unspecified atom stereocenters. The predicted molar refractivity (Wildman–Crippen MR) is 58.1 cm³/mol. The molecule has 0 spiro atoms. The van der Waals surface area contributed by atoms with Gasteiger partial charge < -0.3 is 10.2 Å². The summed E-state index contributed by atoms with van der Waals surface area (Å²) >= 11 is 0. The number of alkyl halides is 16. The lowest BCUT2D eigenvalue weighted by Crippen LogP contribution is -2.68. The van der Waals surface area contributed by atoms with Gasteiger partial charge >= 0.3 is 48.5 Å². The van der Waals surface area contributed by atoms with Gasteiger partial charge in [0.05, 0.1) is 0 Å². The average Bonchev–Trinajstić information content (AvgIpc) is 2.51. The van der Waals surface area contributed by atoms with Gasteiger partial charge in [0.2, 0.25) is 0 Å². The highest BCUT2D eigenvalue weighted by molar-refractivity contribution is 4.98. The van der Waals surface area contributed by atoms with Gasteiger partial charge in [-0.1, -0.05) is 0 Å². The van der Waals surface area contributed by atoms with E-state index in [4.69, 9.17) is 10.2 Å². The molecule has 0 heterocycles. The van der Waals surface area contributed by atoms with E-state index in [1.54, 1.807) is 9.47 Å². The molecule has 2 atom stereocenters. The van der Waals surface area contributed by atoms with Gasteiger partial charge in [-0.05, 0) is 0 Å². The second-order valence-electron chi connectivity index (χ2n) is 5.00. The van der Waals surface area contributed by atoms with E-state index in [0.717, 1.165) is 0 Å². The van der Waals surface area contributed by atoms with Crippen LogP contribution in [-0.2, 0) is 18.9 Å². The minimum atomic E-state index is -8.13. The van der Waals surface area contributed by atoms with Crippen molar-refractivity contribution in [3.05, 3.63) is 0 Å². The van der Waals surface area contributed by atoms with Crippen LogP contribution in [0, 0.1) is 0 Å². The van der Waals surface area contributed by atoms with Crippen LogP contribution in [0.4, 0.5) is 70.2 Å². The molecule has 0 aliphatic heterocycles. The second-order valence-corrected chi connectivity index (χ2v) is 5.00. The van der Waals surface area contributed by atoms with Crippen LogP contribution in [0.15, 0.2) is 0 Å². The van der Waals surface area contributed by atoms with Gasteiger partial charge in [-0.2, -0.15) is 70.2 Å². The lowest BCUT2D eigenvalue weighted by molar-refractivity contribution is -0.562. The van der Waals surface area contributed by atoms with Crippen molar-refractivity contribution in [2.75, 3.05) is 13.6 Å². The van der Waals surface area contributed by atoms with Crippen molar-refractivity contribution in [2.45, 2.75) is 48.5 Å². The Labute approximate surface area is 163 Å². The topological polar surface area (TPSA) is 77.4 Å². The fraction of sp³-hybridized carbons (Fsp3) is 1.00. The third-order valence-electron chi connectivity index (χ3n) is 2.82. The molecular formula is C10H6F16O6. The van der Waals surface area contributed by atoms with Crippen molar-refractivity contribution in [1.29, 1.82) is 0 Å². The first-order valence-corrected chi connectivity index (χ1v) is 6.71. The molecule has 0 aromatic carbocycles. The van der Waals surface area contributed by atoms with E-state index in [0.29, 0.717) is 0 Å². The predicted octanol–water partition coefficient (Wildman–Crippen LogP) is 3.78. The lowest BCUT2D eigenvalue weighted by Gasteiger charge is -2.39. The van der Waals surface area contributed by atoms with Crippen LogP contribution in [0.3, 0.4) is 0 Å². The average molecular weight is 526 g/mol. The standard InChI is InChI=1S/C10H6F16O6/c11-3(12,7(21,22)31-9(25,29-1-27)5(15,16)17)4(13,14)8(23,24)32-10(26,30-2-28)6(18,19)20/h27-28H,1-2H2. The van der Waals surface area contributed by atoms with E-state index in [9.17, 15) is 70.2 Å². The maximum Gasteiger partial charge on any atom is 0.478 e. The fourth-order valence-electron chi connectivity index (χ4n) is 1.33. The Balaban J connectivity index is 6.35. The van der Waals surface area contributed by atoms with Gasteiger partial charge in [-0.25, -0.2) is 9.47 Å². The molecule has 0 bridgehead atoms. The quantitative estimate of drug-likeness (QED) is 0.316. The highest BCUT2D eigenvalue weighted by atomic mass is 19.4. The molecule has 0 rings (SSSR count). The number of aliphatic hydroxyl groups excluding tert-OH is 2. The van der Waals surface area contributed by atoms with E-state index in [1.807, 2.05) is 0 Å². The molecule has 0 fully saturated rings. The zero-order valence-electron chi connectivity index (χ0n) is 14.0. The van der Waals surface area contributed by atoms with Crippen molar-refractivity contribution >= 4 is 0 Å². The highest BCUT2D eigenvalue weighted by Crippen LogP contribution is 2.57. The van der Waals surface area contributed by atoms with Crippen molar-refractivity contribution in [1.82, 2.24) is 0 Å². The molecule has 0 saturated carbocycles. The van der Waals surface area contributed by atoms with Crippen molar-refractivity contribution in [3.8, 4) is 0 Å². The first-order valence-electron chi connectivity index (χ1n) is 6.71. The minimum Gasteiger partial charge on any atom is -0.370 e. The summed E-state index contributed by atoms with van der Waals surface area (Å²) in [4.78, 5) is 0. The van der Waals surface area contributed by atoms with Gasteiger partial charge in [0.15, 0.2) is 0 Å². The molecule has 0 saturated heterocycles. The van der Waals surface area contributed by atoms with Crippen molar-refractivity contribution in [2.24, 2.45) is 0 Å². The van der Waals surface area contributed by atoms with Crippen LogP contribution in [0.2, 0.25) is 0 Å². The van der Waals surface area contributed by atoms with Crippen LogP contribution in [-0.4, -0.2) is 72.3 Å². The van der Waals surface area contributed by atoms with E-state index in [-0.39, 0.29) is 0 Å². The van der Waals surface area contributed by atoms with E-state index in [2.05, 4.69) is 9.47 Å². The van der Waals surface area contributed by atoms with Crippen molar-refractivity contribution < 1.29 is 99.4 Å². The molecular weight excluding hydrogens is 520 g/mol. The molecule has 22 heteroatoms. The maximum absolute atomic E-state index is 13.4. The van der Waals surface area contributed by atoms with E-state index >= 15 is 0 Å². The number of aliphatic hydroxyl groups is 2. The molecule has 0 radical (unpaired) electrons. The molecule has 32 heavy (non-hydrogen) atoms. The summed E-state index contributed by atoms with van der Waals surface area (Å²) in [6.45, 7) is -5.22. The zero-order valence-corrected chi connectivity index (χ0v) is 14.0. The molecule has 0 aliphatic rings. The molecule has 194 valence electrons. The van der Waals surface area contributed by atoms with Crippen LogP contribution < -0.4 is 0 Å². The Hall–Kier alpha value is -1.36. The van der Waals surface area contributed by atoms with Crippen LogP contribution in [0.25, 0.3) is 0 Å². The number of halogens is 16. The summed E-state index contributed by atoms with van der Waals surface area (Å²) in [5, 5.41) is 15.9. The van der Waals surface area contributed by atoms with Gasteiger partial charge in [0.25, 0.3) is 0 Å². The lowest BCUT2D eigenvalue weighted by atomic mass is 10.1. The maximum atomic E-state index is 13.4. The Kier molecular flexibility index (Phi) is 8.40. The smallest absolute Gasteiger partial charge is 0.370 e. The van der Waals surface area contributed by atoms with E-state index in [1.165, 1.54) is 0 Å². The van der Waals surface area contributed by atoms with Crippen LogP contribution >= 0.6 is 0 Å². The van der Waals surface area contributed by atoms with Crippen LogP contribution in [0.5, 0.6) is 0 Å². The summed E-state index contributed by atoms with van der Waals surface area (Å²) in [6, 6.07) is -13.1. The number of ether oxygens (including phenoxy) is 4. The Morgan fingerprint density at radius 2 is 0.656 bits per heavy atom. The third kappa shape index (κ3) is 5.40. The number of rotatable bonds is 11. The fourth-order valence-corrected chi connectivity index (χ4v) is 1.33. The monoisotopic (exact) mass is 526 g/mol. The summed E-state index contributed by atoms with van der Waals surface area (Å²) in [6.07, 6.45) is -29.5. The Morgan fingerprint density at radius 3 is 0.812 bits per heavy atom. The summed E-state index contributed by atoms with van der Waals surface area (Å²) in [5.74, 6) is -16.3. The van der Waals surface area contributed by atoms with E-state index < -0.39 is 62.1 Å². The number of hydrogen-bond donors (Lipinski definition) is 2. The molecule has 0 amide bonds. The SMILES string of the molecule is OCOC(F)(OC(F)(F)C(F)(F)C(F)(F)C(F)(F)OC(F)(OCO)C(F)(F)F)C(F)(F)F. The first kappa shape index (κ1) is 30.6. The minimum absolute atomic E-state index is 1.71. The van der Waals surface area contributed by atoms with Gasteiger partial charge in [0, 0.05) is 0 Å². The van der Waals surface area contributed by atoms with Gasteiger partial charge in [0.1, 0.15) is 13.6 Å². The normalized spacial score (nSPS) is 18.9. The molecule has 0 aromatic rings. The Bertz CT molecular complexity index is 580. The molecule has 0 aromatic heterocycles. The van der Waals surface area contributed by atoms with Crippen molar-refractivity contribution in [3.63, 3.8) is 0 Å². The first-order chi connectivity index (χ1) is 13.8. The zero-order chi connectivity index (χ0) is 26.2. The molecule has 6 nitrogen and oxygen atoms in total. The van der Waals surface area contributed by atoms with Gasteiger partial charge in [-0.3, -0.25) is 9.47 Å². The Morgan fingerprint density at radius 1 is 0.438 bits per heavy atom. The summed E-state index contributed by atoms with van der Waals surface area (Å²) in [7, 11) is 0. The highest BCUT2D eigenvalue weighted by Gasteiger charge is 2.86. The third-order valence-corrected chi connectivity index (χ3v) is 2.82. The molecule has 0 aliphatic carbocycles. The summed E-state index contributed by atoms with van der Waals surface area (Å²) in [5.41, 5.74) is 0. The summed E-state index contributed by atoms with van der Waals surface area (Å²) < 4.78 is 215. The largest absolute Gasteiger partial charge is 0.478 e. The van der Waals surface area contributed by atoms with Crippen LogP contribution in [0.1, 0.15) is 0 Å². The van der Waals surface area contributed by atoms with Gasteiger partial charge in [-0.15, -0.1) is 0 Å². The second kappa shape index (κ2) is 8.77.